The lowest BCUT2D eigenvalue weighted by molar-refractivity contribution is -0.125. The van der Waals surface area contributed by atoms with Gasteiger partial charge in [0.1, 0.15) is 5.75 Å². The van der Waals surface area contributed by atoms with Crippen molar-refractivity contribution in [3.8, 4) is 5.75 Å². The Bertz CT molecular complexity index is 1250. The van der Waals surface area contributed by atoms with Crippen LogP contribution in [0.1, 0.15) is 72.6 Å². The van der Waals surface area contributed by atoms with Gasteiger partial charge in [0.2, 0.25) is 23.4 Å². The van der Waals surface area contributed by atoms with Crippen molar-refractivity contribution < 1.29 is 18.8 Å². The summed E-state index contributed by atoms with van der Waals surface area (Å²) in [5.74, 6) is 0.615. The van der Waals surface area contributed by atoms with E-state index < -0.39 is 6.04 Å². The Balaban J connectivity index is 0.00000441. The molecule has 0 aliphatic heterocycles. The summed E-state index contributed by atoms with van der Waals surface area (Å²) in [5, 5.41) is 7.91. The second kappa shape index (κ2) is 16.0. The van der Waals surface area contributed by atoms with Crippen LogP contribution in [0.2, 0.25) is 10.0 Å². The highest BCUT2D eigenvalue weighted by Gasteiger charge is 2.30. The average molecular weight is 610 g/mol. The van der Waals surface area contributed by atoms with E-state index in [1.54, 1.807) is 6.07 Å². The van der Waals surface area contributed by atoms with Crippen LogP contribution in [-0.2, 0) is 17.6 Å². The fraction of sp³-hybridized carbons (Fsp3) is 0.448. The van der Waals surface area contributed by atoms with Crippen molar-refractivity contribution in [2.45, 2.75) is 63.8 Å². The van der Waals surface area contributed by atoms with Crippen molar-refractivity contribution in [1.82, 2.24) is 15.5 Å². The van der Waals surface area contributed by atoms with E-state index in [2.05, 4.69) is 15.5 Å². The molecule has 1 atom stereocenters. The second-order valence-electron chi connectivity index (χ2n) is 9.87. The molecule has 1 fully saturated rings. The number of amides is 1. The quantitative estimate of drug-likeness (QED) is 0.170. The van der Waals surface area contributed by atoms with Crippen LogP contribution >= 0.6 is 35.6 Å². The lowest BCUT2D eigenvalue weighted by Gasteiger charge is -2.18. The Morgan fingerprint density at radius 1 is 1.05 bits per heavy atom. The first-order chi connectivity index (χ1) is 18.9. The number of benzene rings is 2. The highest BCUT2D eigenvalue weighted by Crippen LogP contribution is 2.25. The predicted molar refractivity (Wildman–Crippen MR) is 158 cm³/mol. The molecule has 40 heavy (non-hydrogen) atoms. The summed E-state index contributed by atoms with van der Waals surface area (Å²) >= 11 is 12.0. The maximum absolute atomic E-state index is 13.2. The lowest BCUT2D eigenvalue weighted by Crippen LogP contribution is -2.43. The number of aromatic nitrogens is 2. The number of nitrogens with two attached hydrogens (primary N) is 1. The number of ether oxygens (including phenoxy) is 1. The monoisotopic (exact) mass is 608 g/mol. The minimum atomic E-state index is -0.685. The molecule has 1 aliphatic carbocycles. The summed E-state index contributed by atoms with van der Waals surface area (Å²) in [4.78, 5) is 30.2. The molecular formula is C29H35Cl3N4O4. The molecule has 11 heteroatoms. The maximum Gasteiger partial charge on any atom is 0.240 e. The van der Waals surface area contributed by atoms with E-state index >= 15 is 0 Å². The van der Waals surface area contributed by atoms with Crippen LogP contribution in [0, 0.1) is 5.92 Å². The van der Waals surface area contributed by atoms with E-state index in [9.17, 15) is 9.59 Å². The summed E-state index contributed by atoms with van der Waals surface area (Å²) in [6, 6.07) is 12.4. The van der Waals surface area contributed by atoms with Gasteiger partial charge in [0.05, 0.1) is 29.1 Å². The van der Waals surface area contributed by atoms with Gasteiger partial charge in [-0.05, 0) is 74.0 Å². The molecule has 3 N–H and O–H groups in total. The molecule has 0 radical (unpaired) electrons. The molecule has 3 aromatic rings. The van der Waals surface area contributed by atoms with Crippen LogP contribution in [0.25, 0.3) is 0 Å². The molecule has 0 bridgehead atoms. The Morgan fingerprint density at radius 2 is 1.77 bits per heavy atom. The molecule has 1 saturated carbocycles. The number of hydrogen-bond donors (Lipinski definition) is 2. The van der Waals surface area contributed by atoms with Gasteiger partial charge in [0.15, 0.2) is 0 Å². The van der Waals surface area contributed by atoms with Gasteiger partial charge in [-0.15, -0.1) is 12.4 Å². The molecule has 4 rings (SSSR count). The third kappa shape index (κ3) is 9.20. The second-order valence-corrected chi connectivity index (χ2v) is 10.7. The van der Waals surface area contributed by atoms with Gasteiger partial charge in [-0.3, -0.25) is 9.59 Å². The minimum Gasteiger partial charge on any atom is -0.493 e. The van der Waals surface area contributed by atoms with E-state index in [1.807, 2.05) is 36.4 Å². The molecule has 216 valence electrons. The topological polar surface area (TPSA) is 120 Å². The number of nitrogens with zero attached hydrogens (tertiary/aromatic N) is 2. The highest BCUT2D eigenvalue weighted by molar-refractivity contribution is 6.42. The number of unbranched alkanes of at least 4 members (excludes halogenated alkanes) is 1. The SMILES string of the molecule is Cl.NCCCC[C@H](NC(=O)C1CCCC1)C(=O)c1noc(Cc2ccc(OCCc3ccc(Cl)c(Cl)c3)cc2)n1. The predicted octanol–water partition coefficient (Wildman–Crippen LogP) is 6.00. The smallest absolute Gasteiger partial charge is 0.240 e. The normalized spacial score (nSPS) is 14.0. The number of carbonyl (C=O) groups excluding carboxylic acids is 2. The number of carbonyl (C=O) groups is 2. The molecule has 8 nitrogen and oxygen atoms in total. The van der Waals surface area contributed by atoms with Gasteiger partial charge >= 0.3 is 0 Å². The number of halogens is 3. The van der Waals surface area contributed by atoms with Gasteiger partial charge in [0, 0.05) is 12.3 Å². The van der Waals surface area contributed by atoms with E-state index in [4.69, 9.17) is 38.2 Å². The van der Waals surface area contributed by atoms with Gasteiger partial charge in [-0.2, -0.15) is 4.98 Å². The van der Waals surface area contributed by atoms with Crippen LogP contribution in [0.15, 0.2) is 47.0 Å². The van der Waals surface area contributed by atoms with Gasteiger partial charge in [0.25, 0.3) is 0 Å². The Hall–Kier alpha value is -2.65. The average Bonchev–Trinajstić information content (AvgIpc) is 3.64. The molecule has 0 saturated heterocycles. The minimum absolute atomic E-state index is 0. The third-order valence-corrected chi connectivity index (χ3v) is 7.66. The summed E-state index contributed by atoms with van der Waals surface area (Å²) in [6.07, 6.45) is 6.88. The van der Waals surface area contributed by atoms with E-state index in [1.165, 1.54) is 0 Å². The van der Waals surface area contributed by atoms with Crippen molar-refractivity contribution in [1.29, 1.82) is 0 Å². The zero-order chi connectivity index (χ0) is 27.6. The fourth-order valence-corrected chi connectivity index (χ4v) is 5.00. The number of rotatable bonds is 14. The first-order valence-corrected chi connectivity index (χ1v) is 14.2. The molecule has 1 aliphatic rings. The highest BCUT2D eigenvalue weighted by atomic mass is 35.5. The number of ketones is 1. The zero-order valence-corrected chi connectivity index (χ0v) is 24.6. The Labute approximate surface area is 250 Å². The molecule has 0 spiro atoms. The van der Waals surface area contributed by atoms with Crippen molar-refractivity contribution in [3.05, 3.63) is 75.4 Å². The molecule has 0 unspecified atom stereocenters. The number of hydrogen-bond acceptors (Lipinski definition) is 7. The standard InChI is InChI=1S/C29H34Cl2N4O4.ClH/c30-23-13-10-20(17-24(23)31)14-16-38-22-11-8-19(9-12-22)18-26-34-28(35-39-26)27(36)25(7-3-4-15-32)33-29(37)21-5-1-2-6-21;/h8-13,17,21,25H,1-7,14-16,18,32H2,(H,33,37);1H/t25-;/m0./s1. The maximum atomic E-state index is 13.2. The van der Waals surface area contributed by atoms with Crippen LogP contribution in [0.5, 0.6) is 5.75 Å². The molecule has 2 aromatic carbocycles. The molecular weight excluding hydrogens is 575 g/mol. The van der Waals surface area contributed by atoms with Crippen LogP contribution in [-0.4, -0.2) is 41.0 Å². The summed E-state index contributed by atoms with van der Waals surface area (Å²) < 4.78 is 11.2. The van der Waals surface area contributed by atoms with Gasteiger partial charge in [-0.1, -0.05) is 59.4 Å². The van der Waals surface area contributed by atoms with Crippen LogP contribution in [0.4, 0.5) is 0 Å². The largest absolute Gasteiger partial charge is 0.493 e. The van der Waals surface area contributed by atoms with E-state index in [0.29, 0.717) is 48.4 Å². The van der Waals surface area contributed by atoms with Crippen LogP contribution in [0.3, 0.4) is 0 Å². The molecule has 1 aromatic heterocycles. The number of Topliss-reactive ketones (excluding diaryl/α,β-unsaturated/α-hetero) is 1. The van der Waals surface area contributed by atoms with Crippen LogP contribution < -0.4 is 15.8 Å². The summed E-state index contributed by atoms with van der Waals surface area (Å²) in [5.41, 5.74) is 7.60. The first-order valence-electron chi connectivity index (χ1n) is 13.5. The molecule has 1 amide bonds. The van der Waals surface area contributed by atoms with E-state index in [0.717, 1.165) is 55.4 Å². The first kappa shape index (κ1) is 31.9. The van der Waals surface area contributed by atoms with Crippen molar-refractivity contribution in [3.63, 3.8) is 0 Å². The van der Waals surface area contributed by atoms with Gasteiger partial charge in [-0.25, -0.2) is 0 Å². The Morgan fingerprint density at radius 3 is 2.48 bits per heavy atom. The van der Waals surface area contributed by atoms with Crippen molar-refractivity contribution in [2.75, 3.05) is 13.2 Å². The van der Waals surface area contributed by atoms with Gasteiger partial charge < -0.3 is 20.3 Å². The number of nitrogens with one attached hydrogen (secondary N) is 1. The van der Waals surface area contributed by atoms with Crippen molar-refractivity contribution >= 4 is 47.3 Å². The third-order valence-electron chi connectivity index (χ3n) is 6.92. The van der Waals surface area contributed by atoms with E-state index in [-0.39, 0.29) is 35.8 Å². The zero-order valence-electron chi connectivity index (χ0n) is 22.2. The van der Waals surface area contributed by atoms with Crippen molar-refractivity contribution in [2.24, 2.45) is 11.7 Å². The Kier molecular flexibility index (Phi) is 12.7. The molecule has 1 heterocycles. The fourth-order valence-electron chi connectivity index (χ4n) is 4.68. The lowest BCUT2D eigenvalue weighted by atomic mass is 10.0. The summed E-state index contributed by atoms with van der Waals surface area (Å²) in [6.45, 7) is 1.03. The summed E-state index contributed by atoms with van der Waals surface area (Å²) in [7, 11) is 0.